The van der Waals surface area contributed by atoms with E-state index < -0.39 is 0 Å². The van der Waals surface area contributed by atoms with E-state index in [1.54, 1.807) is 17.3 Å². The highest BCUT2D eigenvalue weighted by Crippen LogP contribution is 2.57. The Bertz CT molecular complexity index is 694. The van der Waals surface area contributed by atoms with Crippen LogP contribution < -0.4 is 0 Å². The van der Waals surface area contributed by atoms with E-state index in [0.717, 1.165) is 24.0 Å². The topological polar surface area (TPSA) is 35.5 Å². The molecule has 3 saturated carbocycles. The van der Waals surface area contributed by atoms with Crippen LogP contribution in [-0.2, 0) is 14.3 Å². The molecule has 27 heavy (non-hydrogen) atoms. The number of fused-ring (bicyclic) bond motifs is 7. The van der Waals surface area contributed by atoms with Crippen molar-refractivity contribution in [1.29, 1.82) is 0 Å². The Morgan fingerprint density at radius 3 is 3.00 bits per heavy atom. The van der Waals surface area contributed by atoms with E-state index >= 15 is 0 Å². The molecule has 0 aromatic carbocycles. The highest BCUT2D eigenvalue weighted by molar-refractivity contribution is 8.00. The first kappa shape index (κ1) is 17.9. The van der Waals surface area contributed by atoms with Gasteiger partial charge in [-0.2, -0.15) is 0 Å². The van der Waals surface area contributed by atoms with Crippen molar-refractivity contribution in [3.8, 4) is 0 Å². The van der Waals surface area contributed by atoms with Crippen molar-refractivity contribution in [2.24, 2.45) is 29.6 Å². The summed E-state index contributed by atoms with van der Waals surface area (Å²) in [5.74, 6) is 4.51. The van der Waals surface area contributed by atoms with Gasteiger partial charge in [0.25, 0.3) is 0 Å². The summed E-state index contributed by atoms with van der Waals surface area (Å²) >= 11 is 1.78. The van der Waals surface area contributed by atoms with E-state index in [1.807, 2.05) is 13.2 Å². The highest BCUT2D eigenvalue weighted by Gasteiger charge is 2.50. The van der Waals surface area contributed by atoms with Crippen LogP contribution in [-0.4, -0.2) is 29.7 Å². The Balaban J connectivity index is 1.50. The summed E-state index contributed by atoms with van der Waals surface area (Å²) in [6, 6.07) is 0. The van der Waals surface area contributed by atoms with Crippen LogP contribution in [0.15, 0.2) is 35.6 Å². The van der Waals surface area contributed by atoms with Gasteiger partial charge in [0.15, 0.2) is 0 Å². The molecule has 5 aliphatic rings. The van der Waals surface area contributed by atoms with Crippen LogP contribution in [0.4, 0.5) is 0 Å². The van der Waals surface area contributed by atoms with Crippen molar-refractivity contribution >= 4 is 17.7 Å². The summed E-state index contributed by atoms with van der Waals surface area (Å²) < 4.78 is 11.5. The number of allylic oxidation sites excluding steroid dienone is 3. The van der Waals surface area contributed by atoms with Gasteiger partial charge < -0.3 is 9.47 Å². The lowest BCUT2D eigenvalue weighted by Gasteiger charge is -2.43. The minimum atomic E-state index is -0.107. The standard InChI is InChI=1S/C23H30O3S/c1-2-25-23(24)21-12-19-15(13-27-21)8-9-17-16-6-3-7-18(16)22-14(11-20(17)19)5-4-10-26-22/h4-5,10,12,15-18,20-22H,2-3,6-9,11,13H2,1H3. The molecule has 3 nitrogen and oxygen atoms in total. The van der Waals surface area contributed by atoms with Crippen LogP contribution in [0.2, 0.25) is 0 Å². The summed E-state index contributed by atoms with van der Waals surface area (Å²) in [7, 11) is 0. The maximum Gasteiger partial charge on any atom is 0.322 e. The van der Waals surface area contributed by atoms with Crippen LogP contribution in [0.5, 0.6) is 0 Å². The highest BCUT2D eigenvalue weighted by atomic mass is 32.2. The Hall–Kier alpha value is -1.16. The number of carbonyl (C=O) groups is 1. The Morgan fingerprint density at radius 1 is 1.22 bits per heavy atom. The number of ether oxygens (including phenoxy) is 2. The molecule has 0 amide bonds. The number of hydrogen-bond acceptors (Lipinski definition) is 4. The lowest BCUT2D eigenvalue weighted by molar-refractivity contribution is -0.141. The van der Waals surface area contributed by atoms with Crippen molar-refractivity contribution < 1.29 is 14.3 Å². The summed E-state index contributed by atoms with van der Waals surface area (Å²) in [5.41, 5.74) is 3.07. The second-order valence-electron chi connectivity index (χ2n) is 8.81. The molecule has 0 bridgehead atoms. The van der Waals surface area contributed by atoms with E-state index in [0.29, 0.717) is 30.5 Å². The largest absolute Gasteiger partial charge is 0.493 e. The molecule has 0 aromatic heterocycles. The van der Waals surface area contributed by atoms with Gasteiger partial charge in [-0.05, 0) is 74.3 Å². The molecule has 0 N–H and O–H groups in total. The fraction of sp³-hybridized carbons (Fsp3) is 0.696. The van der Waals surface area contributed by atoms with Crippen molar-refractivity contribution in [3.05, 3.63) is 35.6 Å². The average Bonchev–Trinajstić information content (AvgIpc) is 3.13. The fourth-order valence-electron chi connectivity index (χ4n) is 6.55. The molecule has 2 heterocycles. The van der Waals surface area contributed by atoms with Gasteiger partial charge in [0.1, 0.15) is 11.4 Å². The molecular formula is C23H30O3S. The van der Waals surface area contributed by atoms with E-state index in [9.17, 15) is 4.79 Å². The number of thioether (sulfide) groups is 1. The predicted octanol–water partition coefficient (Wildman–Crippen LogP) is 4.89. The molecule has 3 fully saturated rings. The van der Waals surface area contributed by atoms with Crippen molar-refractivity contribution in [2.45, 2.75) is 56.8 Å². The monoisotopic (exact) mass is 386 g/mol. The Morgan fingerprint density at radius 2 is 2.11 bits per heavy atom. The predicted molar refractivity (Wildman–Crippen MR) is 108 cm³/mol. The van der Waals surface area contributed by atoms with Crippen molar-refractivity contribution in [2.75, 3.05) is 12.4 Å². The molecule has 5 rings (SSSR count). The molecule has 7 unspecified atom stereocenters. The van der Waals surface area contributed by atoms with Crippen LogP contribution in [0.1, 0.15) is 45.4 Å². The minimum absolute atomic E-state index is 0.0519. The molecule has 0 aromatic rings. The minimum Gasteiger partial charge on any atom is -0.493 e. The first-order valence-corrected chi connectivity index (χ1v) is 11.8. The molecular weight excluding hydrogens is 356 g/mol. The van der Waals surface area contributed by atoms with Crippen molar-refractivity contribution in [1.82, 2.24) is 0 Å². The van der Waals surface area contributed by atoms with Gasteiger partial charge in [0.05, 0.1) is 12.9 Å². The summed E-state index contributed by atoms with van der Waals surface area (Å²) in [4.78, 5) is 12.4. The maximum absolute atomic E-state index is 12.4. The second-order valence-corrected chi connectivity index (χ2v) is 9.98. The van der Waals surface area contributed by atoms with Gasteiger partial charge in [0, 0.05) is 11.7 Å². The lowest BCUT2D eigenvalue weighted by atomic mass is 9.64. The number of hydrogen-bond donors (Lipinski definition) is 0. The van der Waals surface area contributed by atoms with Crippen molar-refractivity contribution in [3.63, 3.8) is 0 Å². The van der Waals surface area contributed by atoms with Gasteiger partial charge in [-0.25, -0.2) is 0 Å². The Kier molecular flexibility index (Phi) is 4.87. The third kappa shape index (κ3) is 3.08. The Labute approximate surface area is 166 Å². The first-order chi connectivity index (χ1) is 13.3. The van der Waals surface area contributed by atoms with E-state index in [-0.39, 0.29) is 11.2 Å². The van der Waals surface area contributed by atoms with E-state index in [4.69, 9.17) is 9.47 Å². The summed E-state index contributed by atoms with van der Waals surface area (Å²) in [6.45, 7) is 2.36. The number of esters is 1. The molecule has 146 valence electrons. The smallest absolute Gasteiger partial charge is 0.322 e. The van der Waals surface area contributed by atoms with Gasteiger partial charge in [0.2, 0.25) is 0 Å². The maximum atomic E-state index is 12.4. The summed E-state index contributed by atoms with van der Waals surface area (Å²) in [5, 5.41) is -0.107. The zero-order chi connectivity index (χ0) is 18.4. The molecule has 0 radical (unpaired) electrons. The fourth-order valence-corrected chi connectivity index (χ4v) is 7.81. The van der Waals surface area contributed by atoms with Gasteiger partial charge in [-0.15, -0.1) is 11.8 Å². The van der Waals surface area contributed by atoms with Crippen LogP contribution in [0, 0.1) is 29.6 Å². The molecule has 7 atom stereocenters. The molecule has 2 aliphatic heterocycles. The SMILES string of the molecule is CCOC(=O)C1C=C2C(CCC3C2CC2=CC=COC2C2CCCC32)CS1. The zero-order valence-electron chi connectivity index (χ0n) is 16.1. The quantitative estimate of drug-likeness (QED) is 0.500. The lowest BCUT2D eigenvalue weighted by Crippen LogP contribution is -2.37. The molecule has 0 spiro atoms. The van der Waals surface area contributed by atoms with E-state index in [1.165, 1.54) is 37.7 Å². The average molecular weight is 387 g/mol. The number of carbonyl (C=O) groups excluding carboxylic acids is 1. The zero-order valence-corrected chi connectivity index (χ0v) is 17.0. The van der Waals surface area contributed by atoms with E-state index in [2.05, 4.69) is 18.2 Å². The first-order valence-electron chi connectivity index (χ1n) is 10.8. The van der Waals surface area contributed by atoms with Gasteiger partial charge in [-0.3, -0.25) is 4.79 Å². The van der Waals surface area contributed by atoms with Crippen LogP contribution in [0.3, 0.4) is 0 Å². The summed E-state index contributed by atoms with van der Waals surface area (Å²) in [6.07, 6.45) is 16.7. The van der Waals surface area contributed by atoms with Crippen LogP contribution in [0.25, 0.3) is 0 Å². The van der Waals surface area contributed by atoms with Crippen LogP contribution >= 0.6 is 11.8 Å². The number of rotatable bonds is 2. The molecule has 3 aliphatic carbocycles. The third-order valence-corrected chi connectivity index (χ3v) is 8.89. The molecule has 4 heteroatoms. The normalized spacial score (nSPS) is 42.3. The third-order valence-electron chi connectivity index (χ3n) is 7.60. The van der Waals surface area contributed by atoms with Gasteiger partial charge >= 0.3 is 5.97 Å². The van der Waals surface area contributed by atoms with Gasteiger partial charge in [-0.1, -0.05) is 24.1 Å². The molecule has 0 saturated heterocycles. The second kappa shape index (κ2) is 7.35.